The molecule has 0 atom stereocenters. The number of hydrogen-bond donors (Lipinski definition) is 0. The van der Waals surface area contributed by atoms with Crippen molar-refractivity contribution in [3.8, 4) is 5.75 Å². The van der Waals surface area contributed by atoms with Gasteiger partial charge in [-0.1, -0.05) is 42.5 Å². The van der Waals surface area contributed by atoms with Crippen molar-refractivity contribution < 1.29 is 4.74 Å². The SMILES string of the molecule is Cc1cccc(OCCN(C)Cc2ccccc2)c1. The van der Waals surface area contributed by atoms with Gasteiger partial charge in [0.25, 0.3) is 0 Å². The molecule has 100 valence electrons. The number of hydrogen-bond acceptors (Lipinski definition) is 2. The number of nitrogens with zero attached hydrogens (tertiary/aromatic N) is 1. The molecule has 2 aromatic rings. The number of likely N-dealkylation sites (N-methyl/N-ethyl adjacent to an activating group) is 1. The summed E-state index contributed by atoms with van der Waals surface area (Å²) < 4.78 is 5.75. The van der Waals surface area contributed by atoms with E-state index in [1.807, 2.05) is 18.2 Å². The first-order valence-corrected chi connectivity index (χ1v) is 6.66. The summed E-state index contributed by atoms with van der Waals surface area (Å²) in [7, 11) is 2.12. The lowest BCUT2D eigenvalue weighted by Crippen LogP contribution is -2.23. The molecule has 2 rings (SSSR count). The second-order valence-electron chi connectivity index (χ2n) is 4.89. The Morgan fingerprint density at radius 3 is 2.53 bits per heavy atom. The van der Waals surface area contributed by atoms with Crippen molar-refractivity contribution in [3.63, 3.8) is 0 Å². The number of rotatable bonds is 6. The molecule has 2 heteroatoms. The van der Waals surface area contributed by atoms with Crippen molar-refractivity contribution in [2.45, 2.75) is 13.5 Å². The summed E-state index contributed by atoms with van der Waals surface area (Å²) in [6, 6.07) is 18.7. The third kappa shape index (κ3) is 4.76. The summed E-state index contributed by atoms with van der Waals surface area (Å²) in [5.41, 5.74) is 2.57. The van der Waals surface area contributed by atoms with Gasteiger partial charge in [-0.25, -0.2) is 0 Å². The Morgan fingerprint density at radius 1 is 1.00 bits per heavy atom. The summed E-state index contributed by atoms with van der Waals surface area (Å²) in [6.07, 6.45) is 0. The molecule has 19 heavy (non-hydrogen) atoms. The Hall–Kier alpha value is -1.80. The van der Waals surface area contributed by atoms with Crippen LogP contribution in [0.4, 0.5) is 0 Å². The molecule has 0 unspecified atom stereocenters. The third-order valence-corrected chi connectivity index (χ3v) is 3.03. The van der Waals surface area contributed by atoms with Crippen molar-refractivity contribution >= 4 is 0 Å². The fraction of sp³-hybridized carbons (Fsp3) is 0.294. The van der Waals surface area contributed by atoms with E-state index in [0.717, 1.165) is 18.8 Å². The van der Waals surface area contributed by atoms with Crippen LogP contribution in [-0.4, -0.2) is 25.1 Å². The van der Waals surface area contributed by atoms with E-state index < -0.39 is 0 Å². The van der Waals surface area contributed by atoms with Crippen LogP contribution in [-0.2, 0) is 6.54 Å². The molecule has 0 aromatic heterocycles. The fourth-order valence-electron chi connectivity index (χ4n) is 2.00. The average molecular weight is 255 g/mol. The number of aryl methyl sites for hydroxylation is 1. The van der Waals surface area contributed by atoms with Crippen LogP contribution in [0.15, 0.2) is 54.6 Å². The number of ether oxygens (including phenoxy) is 1. The zero-order chi connectivity index (χ0) is 13.5. The van der Waals surface area contributed by atoms with Gasteiger partial charge in [0.05, 0.1) is 0 Å². The zero-order valence-corrected chi connectivity index (χ0v) is 11.7. The van der Waals surface area contributed by atoms with Crippen LogP contribution < -0.4 is 4.74 Å². The van der Waals surface area contributed by atoms with Gasteiger partial charge in [0.2, 0.25) is 0 Å². The third-order valence-electron chi connectivity index (χ3n) is 3.03. The van der Waals surface area contributed by atoms with Gasteiger partial charge in [0.15, 0.2) is 0 Å². The molecule has 0 saturated heterocycles. The van der Waals surface area contributed by atoms with Gasteiger partial charge >= 0.3 is 0 Å². The van der Waals surface area contributed by atoms with Gasteiger partial charge in [0, 0.05) is 13.1 Å². The highest BCUT2D eigenvalue weighted by molar-refractivity contribution is 5.27. The smallest absolute Gasteiger partial charge is 0.119 e. The molecule has 0 bridgehead atoms. The minimum Gasteiger partial charge on any atom is -0.492 e. The van der Waals surface area contributed by atoms with Crippen molar-refractivity contribution in [1.29, 1.82) is 0 Å². The standard InChI is InChI=1S/C17H21NO/c1-15-7-6-10-17(13-15)19-12-11-18(2)14-16-8-4-3-5-9-16/h3-10,13H,11-12,14H2,1-2H3. The lowest BCUT2D eigenvalue weighted by Gasteiger charge is -2.17. The van der Waals surface area contributed by atoms with Crippen molar-refractivity contribution in [1.82, 2.24) is 4.90 Å². The summed E-state index contributed by atoms with van der Waals surface area (Å²) in [6.45, 7) is 4.67. The summed E-state index contributed by atoms with van der Waals surface area (Å²) >= 11 is 0. The van der Waals surface area contributed by atoms with E-state index in [1.54, 1.807) is 0 Å². The molecule has 0 radical (unpaired) electrons. The molecule has 0 spiro atoms. The van der Waals surface area contributed by atoms with E-state index in [1.165, 1.54) is 11.1 Å². The maximum Gasteiger partial charge on any atom is 0.119 e. The average Bonchev–Trinajstić information content (AvgIpc) is 2.40. The highest BCUT2D eigenvalue weighted by atomic mass is 16.5. The van der Waals surface area contributed by atoms with Crippen molar-refractivity contribution in [2.24, 2.45) is 0 Å². The van der Waals surface area contributed by atoms with Crippen LogP contribution in [0.25, 0.3) is 0 Å². The van der Waals surface area contributed by atoms with Gasteiger partial charge in [-0.2, -0.15) is 0 Å². The van der Waals surface area contributed by atoms with E-state index in [9.17, 15) is 0 Å². The molecule has 0 amide bonds. The van der Waals surface area contributed by atoms with Gasteiger partial charge in [-0.3, -0.25) is 4.90 Å². The largest absolute Gasteiger partial charge is 0.492 e. The van der Waals surface area contributed by atoms with Crippen molar-refractivity contribution in [3.05, 3.63) is 65.7 Å². The monoisotopic (exact) mass is 255 g/mol. The van der Waals surface area contributed by atoms with Crippen LogP contribution in [0, 0.1) is 6.92 Å². The second kappa shape index (κ2) is 6.95. The van der Waals surface area contributed by atoms with Crippen LogP contribution in [0.3, 0.4) is 0 Å². The molecule has 0 heterocycles. The van der Waals surface area contributed by atoms with E-state index >= 15 is 0 Å². The van der Waals surface area contributed by atoms with Crippen molar-refractivity contribution in [2.75, 3.05) is 20.2 Å². The summed E-state index contributed by atoms with van der Waals surface area (Å²) in [5, 5.41) is 0. The molecule has 0 saturated carbocycles. The molecule has 2 aromatic carbocycles. The first kappa shape index (κ1) is 13.6. The molecule has 0 aliphatic rings. The minimum absolute atomic E-state index is 0.715. The molecule has 0 aliphatic heterocycles. The van der Waals surface area contributed by atoms with Gasteiger partial charge in [-0.15, -0.1) is 0 Å². The van der Waals surface area contributed by atoms with Gasteiger partial charge in [0.1, 0.15) is 12.4 Å². The van der Waals surface area contributed by atoms with E-state index in [2.05, 4.69) is 55.3 Å². The van der Waals surface area contributed by atoms with Crippen LogP contribution in [0.5, 0.6) is 5.75 Å². The molecular weight excluding hydrogens is 234 g/mol. The van der Waals surface area contributed by atoms with Crippen LogP contribution in [0.2, 0.25) is 0 Å². The zero-order valence-electron chi connectivity index (χ0n) is 11.7. The first-order valence-electron chi connectivity index (χ1n) is 6.66. The number of benzene rings is 2. The molecule has 0 aliphatic carbocycles. The predicted molar refractivity (Wildman–Crippen MR) is 79.5 cm³/mol. The maximum absolute atomic E-state index is 5.75. The molecule has 2 nitrogen and oxygen atoms in total. The van der Waals surface area contributed by atoms with Gasteiger partial charge < -0.3 is 4.74 Å². The minimum atomic E-state index is 0.715. The van der Waals surface area contributed by atoms with Crippen LogP contribution in [0.1, 0.15) is 11.1 Å². The summed E-state index contributed by atoms with van der Waals surface area (Å²) in [4.78, 5) is 2.27. The Kier molecular flexibility index (Phi) is 4.99. The topological polar surface area (TPSA) is 12.5 Å². The Bertz CT molecular complexity index is 496. The van der Waals surface area contributed by atoms with E-state index in [0.29, 0.717) is 6.61 Å². The Morgan fingerprint density at radius 2 is 1.79 bits per heavy atom. The normalized spacial score (nSPS) is 10.7. The molecular formula is C17H21NO. The summed E-state index contributed by atoms with van der Waals surface area (Å²) in [5.74, 6) is 0.952. The molecule has 0 fully saturated rings. The molecule has 0 N–H and O–H groups in total. The van der Waals surface area contributed by atoms with Gasteiger partial charge in [-0.05, 0) is 37.2 Å². The highest BCUT2D eigenvalue weighted by Gasteiger charge is 2.00. The Balaban J connectivity index is 1.73. The highest BCUT2D eigenvalue weighted by Crippen LogP contribution is 2.12. The van der Waals surface area contributed by atoms with E-state index in [-0.39, 0.29) is 0 Å². The maximum atomic E-state index is 5.75. The quantitative estimate of drug-likeness (QED) is 0.783. The Labute approximate surface area is 115 Å². The lowest BCUT2D eigenvalue weighted by atomic mass is 10.2. The van der Waals surface area contributed by atoms with Crippen LogP contribution >= 0.6 is 0 Å². The van der Waals surface area contributed by atoms with E-state index in [4.69, 9.17) is 4.74 Å². The lowest BCUT2D eigenvalue weighted by molar-refractivity contribution is 0.233. The predicted octanol–water partition coefficient (Wildman–Crippen LogP) is 3.51. The second-order valence-corrected chi connectivity index (χ2v) is 4.89. The fourth-order valence-corrected chi connectivity index (χ4v) is 2.00. The first-order chi connectivity index (χ1) is 9.24.